The summed E-state index contributed by atoms with van der Waals surface area (Å²) in [7, 11) is -9.91. The normalized spacial score (nSPS) is 13.9. The molecule has 0 aliphatic heterocycles. The Kier molecular flexibility index (Phi) is 68.7. The van der Waals surface area contributed by atoms with Gasteiger partial charge in [-0.25, -0.2) is 9.13 Å². The van der Waals surface area contributed by atoms with Crippen molar-refractivity contribution in [2.24, 2.45) is 5.92 Å². The lowest BCUT2D eigenvalue weighted by molar-refractivity contribution is -0.161. The first kappa shape index (κ1) is 94.1. The molecule has 0 amide bonds. The van der Waals surface area contributed by atoms with Crippen LogP contribution in [0.4, 0.5) is 0 Å². The number of phosphoric ester groups is 2. The highest BCUT2D eigenvalue weighted by molar-refractivity contribution is 7.47. The number of carbonyl (C=O) groups excluding carboxylic acids is 4. The molecule has 0 radical (unpaired) electrons. The van der Waals surface area contributed by atoms with E-state index in [1.165, 1.54) is 231 Å². The predicted octanol–water partition coefficient (Wildman–Crippen LogP) is 22.9. The molecule has 0 rings (SSSR count). The summed E-state index contributed by atoms with van der Waals surface area (Å²) in [4.78, 5) is 72.8. The molecule has 5 atom stereocenters. The number of rotatable bonds is 77. The second-order valence-corrected chi connectivity index (χ2v) is 31.1. The highest BCUT2D eigenvalue weighted by atomic mass is 31.2. The van der Waals surface area contributed by atoms with Gasteiger partial charge in [0.15, 0.2) is 12.2 Å². The van der Waals surface area contributed by atoms with Crippen molar-refractivity contribution in [3.05, 3.63) is 0 Å². The second kappa shape index (κ2) is 70.1. The van der Waals surface area contributed by atoms with Gasteiger partial charge < -0.3 is 33.8 Å². The number of phosphoric acid groups is 2. The average Bonchev–Trinajstić information content (AvgIpc) is 1.24. The first-order valence-corrected chi connectivity index (χ1v) is 43.1. The molecule has 3 N–H and O–H groups in total. The van der Waals surface area contributed by atoms with E-state index in [4.69, 9.17) is 37.0 Å². The quantitative estimate of drug-likeness (QED) is 0.0222. The molecule has 0 aromatic heterocycles. The first-order valence-electron chi connectivity index (χ1n) is 40.1. The number of esters is 4. The summed E-state index contributed by atoms with van der Waals surface area (Å²) in [6.07, 6.45) is 59.7. The predicted molar refractivity (Wildman–Crippen MR) is 391 cm³/mol. The Bertz CT molecular complexity index is 1840. The molecule has 0 aliphatic rings. The van der Waals surface area contributed by atoms with Gasteiger partial charge in [-0.1, -0.05) is 356 Å². The van der Waals surface area contributed by atoms with Crippen LogP contribution in [-0.4, -0.2) is 96.7 Å². The summed E-state index contributed by atoms with van der Waals surface area (Å²) in [6.45, 7) is 7.26. The summed E-state index contributed by atoms with van der Waals surface area (Å²) in [5.41, 5.74) is 0. The molecular weight excluding hydrogens is 1260 g/mol. The fourth-order valence-corrected chi connectivity index (χ4v) is 13.5. The van der Waals surface area contributed by atoms with E-state index in [1.54, 1.807) is 0 Å². The standard InChI is InChI=1S/C77H150O17P2/c1-6-9-12-15-18-21-23-25-27-28-29-30-31-33-35-37-42-47-52-57-62-76(81)93-73(67-88-75(80)61-56-51-46-41-36-34-32-26-24-22-19-16-13-10-7-2)69-92-96(85,86)90-65-71(78)64-89-95(83,84)91-68-72(66-87-74(79)60-55-50-45-39-20-17-14-11-8-3)94-77(82)63-58-53-48-43-38-40-44-49-54-59-70(4)5/h70-73,78H,6-69H2,1-5H3,(H,83,84)(H,85,86)/t71-,72+,73+/m0/s1. The van der Waals surface area contributed by atoms with Gasteiger partial charge in [0.2, 0.25) is 0 Å². The van der Waals surface area contributed by atoms with E-state index < -0.39 is 97.5 Å². The number of carbonyl (C=O) groups is 4. The Morgan fingerprint density at radius 2 is 0.479 bits per heavy atom. The van der Waals surface area contributed by atoms with E-state index in [0.717, 1.165) is 95.8 Å². The maximum absolute atomic E-state index is 13.1. The van der Waals surface area contributed by atoms with Crippen LogP contribution in [0.3, 0.4) is 0 Å². The highest BCUT2D eigenvalue weighted by Crippen LogP contribution is 2.45. The minimum atomic E-state index is -4.96. The molecule has 0 spiro atoms. The molecule has 0 saturated carbocycles. The van der Waals surface area contributed by atoms with Crippen molar-refractivity contribution in [1.29, 1.82) is 0 Å². The molecule has 570 valence electrons. The van der Waals surface area contributed by atoms with Gasteiger partial charge >= 0.3 is 39.5 Å². The van der Waals surface area contributed by atoms with Crippen molar-refractivity contribution in [2.45, 2.75) is 425 Å². The zero-order valence-electron chi connectivity index (χ0n) is 62.5. The second-order valence-electron chi connectivity index (χ2n) is 28.2. The molecule has 0 fully saturated rings. The van der Waals surface area contributed by atoms with Gasteiger partial charge in [0.05, 0.1) is 26.4 Å². The van der Waals surface area contributed by atoms with Crippen LogP contribution >= 0.6 is 15.6 Å². The minimum absolute atomic E-state index is 0.106. The van der Waals surface area contributed by atoms with E-state index in [-0.39, 0.29) is 25.7 Å². The SMILES string of the molecule is CCCCCCCCCCCCCCCCCCCCCCC(=O)O[C@H](COC(=O)CCCCCCCCCCCCCCCCC)COP(=O)(O)OC[C@@H](O)COP(=O)(O)OC[C@@H](COC(=O)CCCCCCCCCCC)OC(=O)CCCCCCCCCCCC(C)C. The molecule has 0 aromatic carbocycles. The Morgan fingerprint density at radius 1 is 0.281 bits per heavy atom. The van der Waals surface area contributed by atoms with Crippen LogP contribution < -0.4 is 0 Å². The Labute approximate surface area is 588 Å². The number of unbranched alkanes of at least 4 members (excludes halogenated alkanes) is 49. The monoisotopic (exact) mass is 1410 g/mol. The van der Waals surface area contributed by atoms with Crippen molar-refractivity contribution in [3.63, 3.8) is 0 Å². The Balaban J connectivity index is 5.20. The van der Waals surface area contributed by atoms with Crippen molar-refractivity contribution in [1.82, 2.24) is 0 Å². The van der Waals surface area contributed by atoms with E-state index >= 15 is 0 Å². The zero-order valence-corrected chi connectivity index (χ0v) is 64.3. The third-order valence-corrected chi connectivity index (χ3v) is 19.9. The maximum Gasteiger partial charge on any atom is 0.472 e. The fraction of sp³-hybridized carbons (Fsp3) is 0.948. The average molecular weight is 1410 g/mol. The smallest absolute Gasteiger partial charge is 0.462 e. The molecule has 17 nitrogen and oxygen atoms in total. The van der Waals surface area contributed by atoms with Crippen molar-refractivity contribution in [3.8, 4) is 0 Å². The molecule has 19 heteroatoms. The van der Waals surface area contributed by atoms with Crippen LogP contribution in [0.25, 0.3) is 0 Å². The van der Waals surface area contributed by atoms with Gasteiger partial charge in [-0.2, -0.15) is 0 Å². The topological polar surface area (TPSA) is 237 Å². The van der Waals surface area contributed by atoms with Crippen molar-refractivity contribution in [2.75, 3.05) is 39.6 Å². The Hall–Kier alpha value is -1.94. The molecule has 0 bridgehead atoms. The largest absolute Gasteiger partial charge is 0.472 e. The molecule has 0 aliphatic carbocycles. The lowest BCUT2D eigenvalue weighted by atomic mass is 10.0. The Morgan fingerprint density at radius 3 is 0.708 bits per heavy atom. The lowest BCUT2D eigenvalue weighted by Gasteiger charge is -2.21. The summed E-state index contributed by atoms with van der Waals surface area (Å²) in [6, 6.07) is 0. The summed E-state index contributed by atoms with van der Waals surface area (Å²) in [5, 5.41) is 10.6. The summed E-state index contributed by atoms with van der Waals surface area (Å²) >= 11 is 0. The van der Waals surface area contributed by atoms with Crippen LogP contribution in [0.1, 0.15) is 407 Å². The van der Waals surface area contributed by atoms with E-state index in [9.17, 15) is 43.2 Å². The van der Waals surface area contributed by atoms with Crippen molar-refractivity contribution >= 4 is 39.5 Å². The summed E-state index contributed by atoms with van der Waals surface area (Å²) in [5.74, 6) is -1.38. The lowest BCUT2D eigenvalue weighted by Crippen LogP contribution is -2.30. The van der Waals surface area contributed by atoms with E-state index in [0.29, 0.717) is 25.7 Å². The van der Waals surface area contributed by atoms with Gasteiger partial charge in [-0.3, -0.25) is 37.3 Å². The maximum atomic E-state index is 13.1. The summed E-state index contributed by atoms with van der Waals surface area (Å²) < 4.78 is 68.5. The van der Waals surface area contributed by atoms with Crippen LogP contribution in [0.2, 0.25) is 0 Å². The van der Waals surface area contributed by atoms with Gasteiger partial charge in [-0.15, -0.1) is 0 Å². The minimum Gasteiger partial charge on any atom is -0.462 e. The molecule has 96 heavy (non-hydrogen) atoms. The number of hydrogen-bond acceptors (Lipinski definition) is 15. The van der Waals surface area contributed by atoms with Gasteiger partial charge in [0.1, 0.15) is 19.3 Å². The number of ether oxygens (including phenoxy) is 4. The number of hydrogen-bond donors (Lipinski definition) is 3. The van der Waals surface area contributed by atoms with Crippen LogP contribution in [0.15, 0.2) is 0 Å². The highest BCUT2D eigenvalue weighted by Gasteiger charge is 2.30. The third-order valence-electron chi connectivity index (χ3n) is 18.0. The zero-order chi connectivity index (χ0) is 70.5. The number of aliphatic hydroxyl groups is 1. The first-order chi connectivity index (χ1) is 46.5. The van der Waals surface area contributed by atoms with Crippen molar-refractivity contribution < 1.29 is 80.2 Å². The molecule has 0 aromatic rings. The third kappa shape index (κ3) is 70.5. The van der Waals surface area contributed by atoms with Crippen LogP contribution in [-0.2, 0) is 65.4 Å². The molecule has 2 unspecified atom stereocenters. The van der Waals surface area contributed by atoms with Crippen LogP contribution in [0.5, 0.6) is 0 Å². The van der Waals surface area contributed by atoms with E-state index in [1.807, 2.05) is 0 Å². The van der Waals surface area contributed by atoms with Gasteiger partial charge in [0, 0.05) is 25.7 Å². The van der Waals surface area contributed by atoms with Gasteiger partial charge in [0.25, 0.3) is 0 Å². The van der Waals surface area contributed by atoms with E-state index in [2.05, 4.69) is 34.6 Å². The molecule has 0 saturated heterocycles. The molecule has 0 heterocycles. The van der Waals surface area contributed by atoms with Gasteiger partial charge in [-0.05, 0) is 31.6 Å². The number of aliphatic hydroxyl groups excluding tert-OH is 1. The fourth-order valence-electron chi connectivity index (χ4n) is 11.9. The van der Waals surface area contributed by atoms with Crippen LogP contribution in [0, 0.1) is 5.92 Å². The molecular formula is C77H150O17P2.